The van der Waals surface area contributed by atoms with Crippen molar-refractivity contribution in [2.75, 3.05) is 5.32 Å². The van der Waals surface area contributed by atoms with Gasteiger partial charge in [0.25, 0.3) is 0 Å². The Balaban J connectivity index is 1.98. The fourth-order valence-corrected chi connectivity index (χ4v) is 1.51. The molecular weight excluding hydrogens is 242 g/mol. The molecule has 1 N–H and O–H groups in total. The second kappa shape index (κ2) is 4.97. The van der Waals surface area contributed by atoms with Crippen LogP contribution in [-0.4, -0.2) is 16.0 Å². The first-order valence-electron chi connectivity index (χ1n) is 4.98. The van der Waals surface area contributed by atoms with Gasteiger partial charge in [-0.2, -0.15) is 4.98 Å². The number of rotatable bonds is 3. The Bertz CT molecular complexity index is 539. The topological polar surface area (TPSA) is 68.0 Å². The first-order valence-corrected chi connectivity index (χ1v) is 5.36. The van der Waals surface area contributed by atoms with E-state index in [0.29, 0.717) is 22.4 Å². The molecule has 0 aliphatic heterocycles. The minimum Gasteiger partial charge on any atom is -0.339 e. The van der Waals surface area contributed by atoms with Gasteiger partial charge in [0.05, 0.1) is 0 Å². The van der Waals surface area contributed by atoms with Crippen LogP contribution in [0.2, 0.25) is 5.02 Å². The van der Waals surface area contributed by atoms with Crippen LogP contribution in [0.5, 0.6) is 0 Å². The van der Waals surface area contributed by atoms with Gasteiger partial charge >= 0.3 is 0 Å². The van der Waals surface area contributed by atoms with Crippen LogP contribution >= 0.6 is 11.6 Å². The lowest BCUT2D eigenvalue weighted by molar-refractivity contribution is -0.115. The molecule has 0 fully saturated rings. The van der Waals surface area contributed by atoms with Crippen LogP contribution in [-0.2, 0) is 11.2 Å². The van der Waals surface area contributed by atoms with E-state index in [-0.39, 0.29) is 12.3 Å². The Morgan fingerprint density at radius 3 is 3.00 bits per heavy atom. The van der Waals surface area contributed by atoms with Crippen LogP contribution in [0.15, 0.2) is 28.8 Å². The van der Waals surface area contributed by atoms with Crippen molar-refractivity contribution in [3.05, 3.63) is 41.0 Å². The molecule has 0 atom stereocenters. The van der Waals surface area contributed by atoms with E-state index in [1.807, 2.05) is 0 Å². The Hall–Kier alpha value is -1.88. The lowest BCUT2D eigenvalue weighted by atomic mass is 10.3. The average Bonchev–Trinajstić information content (AvgIpc) is 2.63. The fraction of sp³-hybridized carbons (Fsp3) is 0.182. The molecule has 17 heavy (non-hydrogen) atoms. The van der Waals surface area contributed by atoms with Crippen LogP contribution in [0.25, 0.3) is 0 Å². The molecule has 1 aromatic carbocycles. The van der Waals surface area contributed by atoms with E-state index in [9.17, 15) is 4.79 Å². The molecule has 1 amide bonds. The zero-order chi connectivity index (χ0) is 12.3. The van der Waals surface area contributed by atoms with E-state index >= 15 is 0 Å². The standard InChI is InChI=1S/C11H10ClN3O2/c1-7-13-11(17-15-7)6-10(16)14-9-4-2-3-8(12)5-9/h2-5H,6H2,1H3,(H,14,16). The number of anilines is 1. The number of halogens is 1. The van der Waals surface area contributed by atoms with E-state index in [1.54, 1.807) is 31.2 Å². The molecule has 2 aromatic rings. The smallest absolute Gasteiger partial charge is 0.236 e. The molecule has 0 saturated heterocycles. The summed E-state index contributed by atoms with van der Waals surface area (Å²) in [5.74, 6) is 0.577. The van der Waals surface area contributed by atoms with E-state index in [4.69, 9.17) is 16.1 Å². The minimum atomic E-state index is -0.226. The van der Waals surface area contributed by atoms with Crippen molar-refractivity contribution < 1.29 is 9.32 Å². The highest BCUT2D eigenvalue weighted by Gasteiger charge is 2.09. The lowest BCUT2D eigenvalue weighted by Gasteiger charge is -2.03. The summed E-state index contributed by atoms with van der Waals surface area (Å²) in [4.78, 5) is 15.6. The second-order valence-corrected chi connectivity index (χ2v) is 3.91. The highest BCUT2D eigenvalue weighted by molar-refractivity contribution is 6.30. The Morgan fingerprint density at radius 1 is 1.53 bits per heavy atom. The molecule has 2 rings (SSSR count). The zero-order valence-electron chi connectivity index (χ0n) is 9.11. The number of benzene rings is 1. The highest BCUT2D eigenvalue weighted by Crippen LogP contribution is 2.15. The highest BCUT2D eigenvalue weighted by atomic mass is 35.5. The normalized spacial score (nSPS) is 10.2. The summed E-state index contributed by atoms with van der Waals surface area (Å²) in [6.07, 6.45) is 0.0490. The number of hydrogen-bond acceptors (Lipinski definition) is 4. The second-order valence-electron chi connectivity index (χ2n) is 3.47. The Kier molecular flexibility index (Phi) is 3.39. The summed E-state index contributed by atoms with van der Waals surface area (Å²) in [7, 11) is 0. The molecule has 0 aliphatic rings. The third-order valence-corrected chi connectivity index (χ3v) is 2.22. The maximum atomic E-state index is 11.6. The molecule has 0 saturated carbocycles. The van der Waals surface area contributed by atoms with Crippen LogP contribution in [0.3, 0.4) is 0 Å². The number of carbonyl (C=O) groups excluding carboxylic acids is 1. The van der Waals surface area contributed by atoms with Crippen molar-refractivity contribution >= 4 is 23.2 Å². The van der Waals surface area contributed by atoms with Gasteiger partial charge in [0.15, 0.2) is 5.82 Å². The third kappa shape index (κ3) is 3.29. The third-order valence-electron chi connectivity index (χ3n) is 1.99. The monoisotopic (exact) mass is 251 g/mol. The number of hydrogen-bond donors (Lipinski definition) is 1. The summed E-state index contributed by atoms with van der Waals surface area (Å²) in [5, 5.41) is 6.86. The molecule has 0 spiro atoms. The molecule has 1 aromatic heterocycles. The van der Waals surface area contributed by atoms with Crippen LogP contribution < -0.4 is 5.32 Å². The van der Waals surface area contributed by atoms with Gasteiger partial charge in [-0.05, 0) is 25.1 Å². The number of nitrogens with one attached hydrogen (secondary N) is 1. The Morgan fingerprint density at radius 2 is 2.35 bits per heavy atom. The molecule has 5 nitrogen and oxygen atoms in total. The first kappa shape index (κ1) is 11.6. The van der Waals surface area contributed by atoms with Crippen LogP contribution in [0.1, 0.15) is 11.7 Å². The van der Waals surface area contributed by atoms with Crippen molar-refractivity contribution in [3.63, 3.8) is 0 Å². The molecule has 0 aliphatic carbocycles. The van der Waals surface area contributed by atoms with Gasteiger partial charge in [-0.3, -0.25) is 4.79 Å². The molecule has 6 heteroatoms. The minimum absolute atomic E-state index is 0.0490. The summed E-state index contributed by atoms with van der Waals surface area (Å²) < 4.78 is 4.85. The van der Waals surface area contributed by atoms with Gasteiger partial charge in [0.2, 0.25) is 11.8 Å². The summed E-state index contributed by atoms with van der Waals surface area (Å²) in [6.45, 7) is 1.70. The first-order chi connectivity index (χ1) is 8.13. The van der Waals surface area contributed by atoms with Crippen LogP contribution in [0, 0.1) is 6.92 Å². The largest absolute Gasteiger partial charge is 0.339 e. The quantitative estimate of drug-likeness (QED) is 0.908. The summed E-state index contributed by atoms with van der Waals surface area (Å²) in [6, 6.07) is 6.91. The number of carbonyl (C=O) groups is 1. The fourth-order valence-electron chi connectivity index (χ4n) is 1.32. The maximum absolute atomic E-state index is 11.6. The predicted molar refractivity (Wildman–Crippen MR) is 62.8 cm³/mol. The molecule has 0 radical (unpaired) electrons. The molecular formula is C11H10ClN3O2. The van der Waals surface area contributed by atoms with Gasteiger partial charge in [-0.15, -0.1) is 0 Å². The van der Waals surface area contributed by atoms with E-state index < -0.39 is 0 Å². The molecule has 1 heterocycles. The molecule has 0 bridgehead atoms. The maximum Gasteiger partial charge on any atom is 0.236 e. The summed E-state index contributed by atoms with van der Waals surface area (Å²) >= 11 is 5.80. The van der Waals surface area contributed by atoms with Crippen molar-refractivity contribution in [1.29, 1.82) is 0 Å². The van der Waals surface area contributed by atoms with Gasteiger partial charge < -0.3 is 9.84 Å². The van der Waals surface area contributed by atoms with E-state index in [0.717, 1.165) is 0 Å². The van der Waals surface area contributed by atoms with Crippen molar-refractivity contribution in [2.45, 2.75) is 13.3 Å². The molecule has 0 unspecified atom stereocenters. The van der Waals surface area contributed by atoms with Crippen molar-refractivity contribution in [2.24, 2.45) is 0 Å². The number of aryl methyl sites for hydroxylation is 1. The number of aromatic nitrogens is 2. The van der Waals surface area contributed by atoms with Crippen molar-refractivity contribution in [3.8, 4) is 0 Å². The van der Waals surface area contributed by atoms with Crippen LogP contribution in [0.4, 0.5) is 5.69 Å². The Labute approximate surface area is 103 Å². The van der Waals surface area contributed by atoms with Gasteiger partial charge in [-0.1, -0.05) is 22.8 Å². The van der Waals surface area contributed by atoms with Gasteiger partial charge in [-0.25, -0.2) is 0 Å². The lowest BCUT2D eigenvalue weighted by Crippen LogP contribution is -2.14. The van der Waals surface area contributed by atoms with Crippen molar-refractivity contribution in [1.82, 2.24) is 10.1 Å². The van der Waals surface area contributed by atoms with E-state index in [2.05, 4.69) is 15.5 Å². The number of nitrogens with zero attached hydrogens (tertiary/aromatic N) is 2. The zero-order valence-corrected chi connectivity index (χ0v) is 9.86. The number of amides is 1. The van der Waals surface area contributed by atoms with Gasteiger partial charge in [0.1, 0.15) is 6.42 Å². The van der Waals surface area contributed by atoms with E-state index in [1.165, 1.54) is 0 Å². The average molecular weight is 252 g/mol. The predicted octanol–water partition coefficient (Wildman–Crippen LogP) is 2.21. The SMILES string of the molecule is Cc1noc(CC(=O)Nc2cccc(Cl)c2)n1. The molecule has 88 valence electrons. The van der Waals surface area contributed by atoms with Gasteiger partial charge in [0, 0.05) is 10.7 Å². The summed E-state index contributed by atoms with van der Waals surface area (Å²) in [5.41, 5.74) is 0.638.